The van der Waals surface area contributed by atoms with Crippen LogP contribution >= 0.6 is 0 Å². The number of hydrogen-bond acceptors (Lipinski definition) is 3. The molecule has 0 saturated heterocycles. The molecule has 0 aliphatic carbocycles. The normalized spacial score (nSPS) is 15.0. The van der Waals surface area contributed by atoms with Gasteiger partial charge in [-0.25, -0.2) is 0 Å². The maximum Gasteiger partial charge on any atom is 0.428 e. The lowest BCUT2D eigenvalue weighted by atomic mass is 9.85. The van der Waals surface area contributed by atoms with E-state index in [1.807, 2.05) is 0 Å². The fraction of sp³-hybridized carbons (Fsp3) is 0.867. The standard InChI is InChI=1S/C15H25F3O4/c1-10(2)7-8-14(9-11(3)4,15(16,17)18)22-13(21)6-5-12(19)20/h10-11H,5-9H2,1-4H3,(H,19,20). The summed E-state index contributed by atoms with van der Waals surface area (Å²) in [5.74, 6) is -2.66. The third kappa shape index (κ3) is 7.13. The first-order chi connectivity index (χ1) is 9.89. The Kier molecular flexibility index (Phi) is 7.90. The molecule has 1 N–H and O–H groups in total. The number of halogens is 3. The second-order valence-corrected chi connectivity index (χ2v) is 6.39. The zero-order valence-corrected chi connectivity index (χ0v) is 13.5. The van der Waals surface area contributed by atoms with E-state index in [9.17, 15) is 22.8 Å². The van der Waals surface area contributed by atoms with Crippen LogP contribution in [0.3, 0.4) is 0 Å². The fourth-order valence-corrected chi connectivity index (χ4v) is 2.17. The van der Waals surface area contributed by atoms with Gasteiger partial charge in [-0.2, -0.15) is 13.2 Å². The molecule has 0 aliphatic heterocycles. The Morgan fingerprint density at radius 2 is 1.59 bits per heavy atom. The zero-order chi connectivity index (χ0) is 17.6. The number of carbonyl (C=O) groups is 2. The Hall–Kier alpha value is -1.27. The van der Waals surface area contributed by atoms with Gasteiger partial charge in [0, 0.05) is 0 Å². The number of ether oxygens (including phenoxy) is 1. The van der Waals surface area contributed by atoms with Gasteiger partial charge in [-0.05, 0) is 31.1 Å². The molecule has 0 fully saturated rings. The van der Waals surface area contributed by atoms with Crippen molar-refractivity contribution in [2.75, 3.05) is 0 Å². The van der Waals surface area contributed by atoms with Crippen molar-refractivity contribution in [3.8, 4) is 0 Å². The highest BCUT2D eigenvalue weighted by Crippen LogP contribution is 2.43. The smallest absolute Gasteiger partial charge is 0.428 e. The van der Waals surface area contributed by atoms with E-state index in [-0.39, 0.29) is 31.1 Å². The second kappa shape index (κ2) is 8.39. The Morgan fingerprint density at radius 3 is 1.95 bits per heavy atom. The van der Waals surface area contributed by atoms with E-state index in [4.69, 9.17) is 9.84 Å². The number of carboxylic acid groups (broad SMARTS) is 1. The third-order valence-electron chi connectivity index (χ3n) is 3.23. The largest absolute Gasteiger partial charge is 0.481 e. The average molecular weight is 326 g/mol. The van der Waals surface area contributed by atoms with Gasteiger partial charge < -0.3 is 9.84 Å². The lowest BCUT2D eigenvalue weighted by Gasteiger charge is -2.37. The Labute approximate surface area is 129 Å². The minimum Gasteiger partial charge on any atom is -0.481 e. The SMILES string of the molecule is CC(C)CCC(CC(C)C)(OC(=O)CCC(=O)O)C(F)(F)F. The number of carboxylic acids is 1. The molecule has 0 bridgehead atoms. The van der Waals surface area contributed by atoms with Gasteiger partial charge in [-0.1, -0.05) is 27.7 Å². The second-order valence-electron chi connectivity index (χ2n) is 6.39. The van der Waals surface area contributed by atoms with Crippen LogP contribution in [0.5, 0.6) is 0 Å². The molecule has 0 aromatic rings. The molecule has 7 heteroatoms. The molecule has 0 saturated carbocycles. The van der Waals surface area contributed by atoms with Gasteiger partial charge in [-0.3, -0.25) is 9.59 Å². The highest BCUT2D eigenvalue weighted by atomic mass is 19.4. The predicted molar refractivity (Wildman–Crippen MR) is 75.3 cm³/mol. The molecule has 0 rings (SSSR count). The molecule has 0 aromatic carbocycles. The molecule has 0 heterocycles. The molecule has 0 aromatic heterocycles. The van der Waals surface area contributed by atoms with E-state index >= 15 is 0 Å². The highest BCUT2D eigenvalue weighted by Gasteiger charge is 2.57. The van der Waals surface area contributed by atoms with Crippen molar-refractivity contribution in [2.24, 2.45) is 11.8 Å². The van der Waals surface area contributed by atoms with Crippen LogP contribution in [-0.2, 0) is 14.3 Å². The van der Waals surface area contributed by atoms with E-state index in [0.717, 1.165) is 0 Å². The van der Waals surface area contributed by atoms with Crippen molar-refractivity contribution >= 4 is 11.9 Å². The average Bonchev–Trinajstić information content (AvgIpc) is 2.31. The summed E-state index contributed by atoms with van der Waals surface area (Å²) in [5, 5.41) is 8.51. The summed E-state index contributed by atoms with van der Waals surface area (Å²) in [6, 6.07) is 0. The summed E-state index contributed by atoms with van der Waals surface area (Å²) < 4.78 is 45.4. The van der Waals surface area contributed by atoms with E-state index in [2.05, 4.69) is 0 Å². The molecular weight excluding hydrogens is 301 g/mol. The van der Waals surface area contributed by atoms with Crippen molar-refractivity contribution in [3.63, 3.8) is 0 Å². The minimum absolute atomic E-state index is 0.0339. The van der Waals surface area contributed by atoms with Gasteiger partial charge in [0.15, 0.2) is 0 Å². The molecule has 0 spiro atoms. The van der Waals surface area contributed by atoms with E-state index in [1.54, 1.807) is 27.7 Å². The number of rotatable bonds is 9. The van der Waals surface area contributed by atoms with Crippen LogP contribution in [0.2, 0.25) is 0 Å². The van der Waals surface area contributed by atoms with E-state index in [1.165, 1.54) is 0 Å². The summed E-state index contributed by atoms with van der Waals surface area (Å²) in [6.45, 7) is 6.84. The number of aliphatic carboxylic acids is 1. The van der Waals surface area contributed by atoms with Crippen molar-refractivity contribution in [1.82, 2.24) is 0 Å². The molecule has 130 valence electrons. The number of carbonyl (C=O) groups excluding carboxylic acids is 1. The van der Waals surface area contributed by atoms with Crippen LogP contribution in [0.1, 0.15) is 59.8 Å². The molecule has 1 atom stereocenters. The molecule has 0 aliphatic rings. The summed E-state index contributed by atoms with van der Waals surface area (Å²) >= 11 is 0. The van der Waals surface area contributed by atoms with Crippen LogP contribution in [0.4, 0.5) is 13.2 Å². The number of hydrogen-bond donors (Lipinski definition) is 1. The number of alkyl halides is 3. The highest BCUT2D eigenvalue weighted by molar-refractivity contribution is 5.76. The van der Waals surface area contributed by atoms with Crippen LogP contribution in [0, 0.1) is 11.8 Å². The van der Waals surface area contributed by atoms with Gasteiger partial charge in [0.2, 0.25) is 5.60 Å². The molecule has 4 nitrogen and oxygen atoms in total. The quantitative estimate of drug-likeness (QED) is 0.646. The first kappa shape index (κ1) is 20.7. The molecular formula is C15H25F3O4. The van der Waals surface area contributed by atoms with E-state index in [0.29, 0.717) is 0 Å². The Balaban J connectivity index is 5.24. The predicted octanol–water partition coefficient (Wildman–Crippen LogP) is 4.18. The van der Waals surface area contributed by atoms with Gasteiger partial charge in [-0.15, -0.1) is 0 Å². The van der Waals surface area contributed by atoms with Crippen LogP contribution in [0.25, 0.3) is 0 Å². The van der Waals surface area contributed by atoms with Crippen molar-refractivity contribution in [2.45, 2.75) is 71.6 Å². The van der Waals surface area contributed by atoms with E-state index < -0.39 is 36.6 Å². The van der Waals surface area contributed by atoms with Gasteiger partial charge in [0.1, 0.15) is 0 Å². The summed E-state index contributed by atoms with van der Waals surface area (Å²) in [6.07, 6.45) is -6.18. The summed E-state index contributed by atoms with van der Waals surface area (Å²) in [5.41, 5.74) is -2.54. The summed E-state index contributed by atoms with van der Waals surface area (Å²) in [7, 11) is 0. The topological polar surface area (TPSA) is 63.6 Å². The fourth-order valence-electron chi connectivity index (χ4n) is 2.17. The molecule has 0 radical (unpaired) electrons. The van der Waals surface area contributed by atoms with Crippen molar-refractivity contribution < 1.29 is 32.6 Å². The first-order valence-corrected chi connectivity index (χ1v) is 7.40. The molecule has 1 unspecified atom stereocenters. The van der Waals surface area contributed by atoms with Crippen LogP contribution in [-0.4, -0.2) is 28.8 Å². The minimum atomic E-state index is -4.69. The van der Waals surface area contributed by atoms with Crippen LogP contribution < -0.4 is 0 Å². The van der Waals surface area contributed by atoms with Crippen LogP contribution in [0.15, 0.2) is 0 Å². The zero-order valence-electron chi connectivity index (χ0n) is 13.5. The lowest BCUT2D eigenvalue weighted by molar-refractivity contribution is -0.278. The Bertz CT molecular complexity index is 377. The third-order valence-corrected chi connectivity index (χ3v) is 3.23. The maximum atomic E-state index is 13.6. The maximum absolute atomic E-state index is 13.6. The lowest BCUT2D eigenvalue weighted by Crippen LogP contribution is -2.50. The van der Waals surface area contributed by atoms with Gasteiger partial charge >= 0.3 is 18.1 Å². The molecule has 22 heavy (non-hydrogen) atoms. The van der Waals surface area contributed by atoms with Crippen molar-refractivity contribution in [1.29, 1.82) is 0 Å². The Morgan fingerprint density at radius 1 is 1.05 bits per heavy atom. The number of esters is 1. The molecule has 0 amide bonds. The first-order valence-electron chi connectivity index (χ1n) is 7.40. The van der Waals surface area contributed by atoms with Gasteiger partial charge in [0.05, 0.1) is 12.8 Å². The van der Waals surface area contributed by atoms with Crippen molar-refractivity contribution in [3.05, 3.63) is 0 Å². The monoisotopic (exact) mass is 326 g/mol. The van der Waals surface area contributed by atoms with Gasteiger partial charge in [0.25, 0.3) is 0 Å². The summed E-state index contributed by atoms with van der Waals surface area (Å²) in [4.78, 5) is 22.1.